The summed E-state index contributed by atoms with van der Waals surface area (Å²) < 4.78 is 30.2. The minimum Gasteiger partial charge on any atom is -0.493 e. The molecule has 176 valence electrons. The highest BCUT2D eigenvalue weighted by atomic mass is 19.1. The number of carbonyl (C=O) groups is 2. The van der Waals surface area contributed by atoms with E-state index in [2.05, 4.69) is 5.32 Å². The molecule has 0 aliphatic carbocycles. The minimum absolute atomic E-state index is 0.0690. The quantitative estimate of drug-likeness (QED) is 0.571. The van der Waals surface area contributed by atoms with Crippen LogP contribution >= 0.6 is 0 Å². The molecule has 0 aromatic heterocycles. The van der Waals surface area contributed by atoms with Gasteiger partial charge in [-0.2, -0.15) is 0 Å². The summed E-state index contributed by atoms with van der Waals surface area (Å²) >= 11 is 0. The van der Waals surface area contributed by atoms with Crippen LogP contribution in [0.5, 0.6) is 17.2 Å². The van der Waals surface area contributed by atoms with E-state index in [1.807, 2.05) is 12.1 Å². The number of hydrogen-bond donors (Lipinski definition) is 1. The fourth-order valence-electron chi connectivity index (χ4n) is 3.89. The summed E-state index contributed by atoms with van der Waals surface area (Å²) in [5.74, 6) is 0.291. The summed E-state index contributed by atoms with van der Waals surface area (Å²) in [4.78, 5) is 27.3. The molecule has 0 spiro atoms. The molecule has 0 radical (unpaired) electrons. The topological polar surface area (TPSA) is 77.1 Å². The van der Waals surface area contributed by atoms with Crippen molar-refractivity contribution in [2.24, 2.45) is 0 Å². The Morgan fingerprint density at radius 1 is 0.941 bits per heavy atom. The zero-order chi connectivity index (χ0) is 24.1. The number of nitrogens with zero attached hydrogens (tertiary/aromatic N) is 1. The smallest absolute Gasteiger partial charge is 0.262 e. The molecule has 0 unspecified atom stereocenters. The average molecular weight is 464 g/mol. The lowest BCUT2D eigenvalue weighted by molar-refractivity contribution is -0.118. The van der Waals surface area contributed by atoms with Crippen LogP contribution in [0.2, 0.25) is 0 Å². The van der Waals surface area contributed by atoms with E-state index in [-0.39, 0.29) is 24.0 Å². The lowest BCUT2D eigenvalue weighted by atomic mass is 9.98. The Bertz CT molecular complexity index is 1210. The summed E-state index contributed by atoms with van der Waals surface area (Å²) in [5.41, 5.74) is 2.51. The number of nitrogens with one attached hydrogen (secondary N) is 1. The van der Waals surface area contributed by atoms with Gasteiger partial charge >= 0.3 is 0 Å². The first-order valence-electron chi connectivity index (χ1n) is 10.8. The Hall–Kier alpha value is -4.07. The molecule has 0 fully saturated rings. The molecular formula is C26H25FN2O5. The molecular weight excluding hydrogens is 439 g/mol. The zero-order valence-electron chi connectivity index (χ0n) is 19.0. The number of amides is 2. The summed E-state index contributed by atoms with van der Waals surface area (Å²) in [7, 11) is 3.17. The Kier molecular flexibility index (Phi) is 6.96. The number of ether oxygens (including phenoxy) is 3. The van der Waals surface area contributed by atoms with Crippen molar-refractivity contribution < 1.29 is 28.2 Å². The van der Waals surface area contributed by atoms with Crippen LogP contribution in [-0.2, 0) is 17.8 Å². The fraction of sp³-hybridized carbons (Fsp3) is 0.231. The molecule has 2 amide bonds. The molecule has 0 atom stereocenters. The molecule has 1 heterocycles. The van der Waals surface area contributed by atoms with Gasteiger partial charge in [0.25, 0.3) is 11.8 Å². The molecule has 0 saturated heterocycles. The molecule has 3 aromatic carbocycles. The third-order valence-corrected chi connectivity index (χ3v) is 5.63. The van der Waals surface area contributed by atoms with Crippen LogP contribution in [0.25, 0.3) is 0 Å². The Balaban J connectivity index is 1.46. The molecule has 4 rings (SSSR count). The van der Waals surface area contributed by atoms with Crippen molar-refractivity contribution >= 4 is 17.5 Å². The van der Waals surface area contributed by atoms with Crippen molar-refractivity contribution in [2.75, 3.05) is 32.7 Å². The van der Waals surface area contributed by atoms with Crippen LogP contribution in [0.3, 0.4) is 0 Å². The van der Waals surface area contributed by atoms with Crippen LogP contribution in [0, 0.1) is 5.82 Å². The lowest BCUT2D eigenvalue weighted by Crippen LogP contribution is -2.36. The number of benzene rings is 3. The van der Waals surface area contributed by atoms with Crippen LogP contribution in [-0.4, -0.2) is 44.1 Å². The van der Waals surface area contributed by atoms with Crippen molar-refractivity contribution in [2.45, 2.75) is 13.0 Å². The highest BCUT2D eigenvalue weighted by molar-refractivity contribution is 5.97. The van der Waals surface area contributed by atoms with E-state index < -0.39 is 11.7 Å². The number of methoxy groups -OCH3 is 2. The first-order chi connectivity index (χ1) is 16.5. The van der Waals surface area contributed by atoms with Crippen molar-refractivity contribution in [3.63, 3.8) is 0 Å². The van der Waals surface area contributed by atoms with Gasteiger partial charge in [-0.15, -0.1) is 0 Å². The summed E-state index contributed by atoms with van der Waals surface area (Å²) in [6.07, 6.45) is 0.676. The van der Waals surface area contributed by atoms with Gasteiger partial charge in [-0.25, -0.2) is 4.39 Å². The maximum absolute atomic E-state index is 13.8. The summed E-state index contributed by atoms with van der Waals surface area (Å²) in [5, 5.41) is 2.47. The summed E-state index contributed by atoms with van der Waals surface area (Å²) in [6.45, 7) is 0.582. The van der Waals surface area contributed by atoms with Gasteiger partial charge in [-0.3, -0.25) is 9.59 Å². The van der Waals surface area contributed by atoms with E-state index in [0.29, 0.717) is 36.6 Å². The molecule has 7 nitrogen and oxygen atoms in total. The van der Waals surface area contributed by atoms with Crippen LogP contribution < -0.4 is 19.5 Å². The number of para-hydroxylation sites is 2. The Morgan fingerprint density at radius 2 is 1.62 bits per heavy atom. The normalized spacial score (nSPS) is 12.5. The molecule has 8 heteroatoms. The van der Waals surface area contributed by atoms with Gasteiger partial charge in [0, 0.05) is 13.1 Å². The third kappa shape index (κ3) is 4.96. The van der Waals surface area contributed by atoms with E-state index in [1.165, 1.54) is 18.2 Å². The van der Waals surface area contributed by atoms with Gasteiger partial charge in [0.1, 0.15) is 11.6 Å². The van der Waals surface area contributed by atoms with Crippen LogP contribution in [0.15, 0.2) is 60.7 Å². The predicted molar refractivity (Wildman–Crippen MR) is 125 cm³/mol. The second kappa shape index (κ2) is 10.2. The van der Waals surface area contributed by atoms with E-state index in [9.17, 15) is 14.0 Å². The second-order valence-corrected chi connectivity index (χ2v) is 7.77. The van der Waals surface area contributed by atoms with Crippen molar-refractivity contribution in [3.8, 4) is 17.2 Å². The first-order valence-corrected chi connectivity index (χ1v) is 10.8. The minimum atomic E-state index is -0.536. The van der Waals surface area contributed by atoms with Gasteiger partial charge in [0.05, 0.1) is 25.5 Å². The van der Waals surface area contributed by atoms with Crippen molar-refractivity contribution in [3.05, 3.63) is 83.2 Å². The molecule has 0 bridgehead atoms. The van der Waals surface area contributed by atoms with E-state index in [4.69, 9.17) is 14.2 Å². The zero-order valence-corrected chi connectivity index (χ0v) is 19.0. The van der Waals surface area contributed by atoms with Crippen molar-refractivity contribution in [1.82, 2.24) is 4.90 Å². The van der Waals surface area contributed by atoms with Gasteiger partial charge < -0.3 is 24.4 Å². The van der Waals surface area contributed by atoms with Crippen LogP contribution in [0.1, 0.15) is 21.5 Å². The number of fused-ring (bicyclic) bond motifs is 1. The standard InChI is InChI=1S/C26H25FN2O5/c1-32-23-13-17-11-12-29(15-18(17)14-24(23)33-2)26(31)19-7-3-6-10-22(19)34-16-25(30)28-21-9-5-4-8-20(21)27/h3-10,13-14H,11-12,15-16H2,1-2H3,(H,28,30). The van der Waals surface area contributed by atoms with Crippen molar-refractivity contribution in [1.29, 1.82) is 0 Å². The number of carbonyl (C=O) groups excluding carboxylic acids is 2. The average Bonchev–Trinajstić information content (AvgIpc) is 2.87. The van der Waals surface area contributed by atoms with E-state index >= 15 is 0 Å². The largest absolute Gasteiger partial charge is 0.493 e. The molecule has 3 aromatic rings. The highest BCUT2D eigenvalue weighted by Gasteiger charge is 2.25. The number of anilines is 1. The summed E-state index contributed by atoms with van der Waals surface area (Å²) in [6, 6.07) is 16.5. The van der Waals surface area contributed by atoms with E-state index in [1.54, 1.807) is 49.5 Å². The molecule has 0 saturated carbocycles. The number of halogens is 1. The van der Waals surface area contributed by atoms with Crippen LogP contribution in [0.4, 0.5) is 10.1 Å². The first kappa shape index (κ1) is 23.1. The monoisotopic (exact) mass is 464 g/mol. The maximum Gasteiger partial charge on any atom is 0.262 e. The molecule has 1 N–H and O–H groups in total. The Labute approximate surface area is 197 Å². The van der Waals surface area contributed by atoms with Gasteiger partial charge in [0.15, 0.2) is 18.1 Å². The predicted octanol–water partition coefficient (Wildman–Crippen LogP) is 4.06. The van der Waals surface area contributed by atoms with Gasteiger partial charge in [-0.05, 0) is 53.9 Å². The molecule has 1 aliphatic rings. The number of rotatable bonds is 7. The highest BCUT2D eigenvalue weighted by Crippen LogP contribution is 2.34. The van der Waals surface area contributed by atoms with E-state index in [0.717, 1.165) is 11.1 Å². The Morgan fingerprint density at radius 3 is 2.35 bits per heavy atom. The maximum atomic E-state index is 13.8. The SMILES string of the molecule is COc1cc2c(cc1OC)CN(C(=O)c1ccccc1OCC(=O)Nc1ccccc1F)CC2. The number of hydrogen-bond acceptors (Lipinski definition) is 5. The van der Waals surface area contributed by atoms with Gasteiger partial charge in [0.2, 0.25) is 0 Å². The second-order valence-electron chi connectivity index (χ2n) is 7.77. The fourth-order valence-corrected chi connectivity index (χ4v) is 3.89. The molecule has 1 aliphatic heterocycles. The van der Waals surface area contributed by atoms with Gasteiger partial charge in [-0.1, -0.05) is 24.3 Å². The molecule has 34 heavy (non-hydrogen) atoms. The third-order valence-electron chi connectivity index (χ3n) is 5.63. The lowest BCUT2D eigenvalue weighted by Gasteiger charge is -2.30.